The first-order valence-corrected chi connectivity index (χ1v) is 7.28. The van der Waals surface area contributed by atoms with Gasteiger partial charge in [0, 0.05) is 11.4 Å². The average molecular weight is 281 g/mol. The maximum Gasteiger partial charge on any atom is 0.220 e. The number of halogens is 1. The molecule has 104 valence electrons. The molecule has 2 N–H and O–H groups in total. The van der Waals surface area contributed by atoms with E-state index in [1.165, 1.54) is 6.42 Å². The molecular weight excluding hydrogens is 260 g/mol. The predicted octanol–water partition coefficient (Wildman–Crippen LogP) is 2.91. The zero-order valence-corrected chi connectivity index (χ0v) is 12.0. The van der Waals surface area contributed by atoms with Gasteiger partial charge in [0.25, 0.3) is 0 Å². The Morgan fingerprint density at radius 1 is 1.47 bits per heavy atom. The number of nitrogens with one attached hydrogen (secondary N) is 2. The Kier molecular flexibility index (Phi) is 5.23. The first kappa shape index (κ1) is 14.4. The van der Waals surface area contributed by atoms with Gasteiger partial charge in [-0.2, -0.15) is 0 Å². The van der Waals surface area contributed by atoms with Gasteiger partial charge in [-0.25, -0.2) is 0 Å². The zero-order valence-electron chi connectivity index (χ0n) is 11.3. The van der Waals surface area contributed by atoms with E-state index in [1.54, 1.807) is 0 Å². The van der Waals surface area contributed by atoms with Crippen LogP contribution in [0.1, 0.15) is 37.8 Å². The topological polar surface area (TPSA) is 41.1 Å². The molecule has 2 atom stereocenters. The predicted molar refractivity (Wildman–Crippen MR) is 78.2 cm³/mol. The third kappa shape index (κ3) is 4.51. The fourth-order valence-electron chi connectivity index (χ4n) is 2.44. The van der Waals surface area contributed by atoms with Crippen molar-refractivity contribution in [3.05, 3.63) is 34.9 Å². The van der Waals surface area contributed by atoms with E-state index in [-0.39, 0.29) is 11.9 Å². The number of hydrogen-bond donors (Lipinski definition) is 2. The number of carbonyl (C=O) groups is 1. The van der Waals surface area contributed by atoms with Crippen LogP contribution in [-0.4, -0.2) is 19.0 Å². The van der Waals surface area contributed by atoms with Crippen LogP contribution in [-0.2, 0) is 4.79 Å². The van der Waals surface area contributed by atoms with Crippen molar-refractivity contribution in [2.24, 2.45) is 5.92 Å². The lowest BCUT2D eigenvalue weighted by atomic mass is 10.0. The van der Waals surface area contributed by atoms with Crippen molar-refractivity contribution < 1.29 is 4.79 Å². The molecule has 1 fully saturated rings. The maximum absolute atomic E-state index is 11.9. The first-order valence-electron chi connectivity index (χ1n) is 6.90. The molecule has 0 saturated carbocycles. The zero-order chi connectivity index (χ0) is 13.7. The Morgan fingerprint density at radius 2 is 2.21 bits per heavy atom. The fraction of sp³-hybridized carbons (Fsp3) is 0.533. The monoisotopic (exact) mass is 280 g/mol. The van der Waals surface area contributed by atoms with Gasteiger partial charge in [0.1, 0.15) is 0 Å². The Hall–Kier alpha value is -1.06. The van der Waals surface area contributed by atoms with Gasteiger partial charge in [0.15, 0.2) is 0 Å². The van der Waals surface area contributed by atoms with Crippen LogP contribution in [0.15, 0.2) is 24.3 Å². The maximum atomic E-state index is 11.9. The normalized spacial score (nSPS) is 20.2. The Bertz CT molecular complexity index is 413. The summed E-state index contributed by atoms with van der Waals surface area (Å²) >= 11 is 5.85. The molecule has 0 bridgehead atoms. The van der Waals surface area contributed by atoms with Crippen molar-refractivity contribution >= 4 is 17.5 Å². The minimum Gasteiger partial charge on any atom is -0.350 e. The molecule has 3 nitrogen and oxygen atoms in total. The summed E-state index contributed by atoms with van der Waals surface area (Å²) in [6.07, 6.45) is 2.79. The second kappa shape index (κ2) is 6.92. The van der Waals surface area contributed by atoms with Gasteiger partial charge in [0.2, 0.25) is 5.91 Å². The molecule has 0 spiro atoms. The van der Waals surface area contributed by atoms with Crippen molar-refractivity contribution in [2.45, 2.75) is 32.2 Å². The van der Waals surface area contributed by atoms with E-state index in [0.29, 0.717) is 12.3 Å². The number of rotatable bonds is 5. The SMILES string of the molecule is C[C@H](NC(=O)CCC1CCNC1)c1ccc(Cl)cc1. The van der Waals surface area contributed by atoms with Crippen LogP contribution in [0, 0.1) is 5.92 Å². The summed E-state index contributed by atoms with van der Waals surface area (Å²) in [6.45, 7) is 4.14. The van der Waals surface area contributed by atoms with E-state index >= 15 is 0 Å². The van der Waals surface area contributed by atoms with Crippen molar-refractivity contribution in [2.75, 3.05) is 13.1 Å². The summed E-state index contributed by atoms with van der Waals surface area (Å²) in [5, 5.41) is 7.08. The van der Waals surface area contributed by atoms with Crippen molar-refractivity contribution in [1.82, 2.24) is 10.6 Å². The highest BCUT2D eigenvalue weighted by Crippen LogP contribution is 2.17. The summed E-state index contributed by atoms with van der Waals surface area (Å²) in [5.41, 5.74) is 1.08. The largest absolute Gasteiger partial charge is 0.350 e. The molecule has 1 aromatic rings. The second-order valence-electron chi connectivity index (χ2n) is 5.24. The third-order valence-corrected chi connectivity index (χ3v) is 3.94. The summed E-state index contributed by atoms with van der Waals surface area (Å²) in [7, 11) is 0. The van der Waals surface area contributed by atoms with Crippen molar-refractivity contribution in [3.8, 4) is 0 Å². The lowest BCUT2D eigenvalue weighted by molar-refractivity contribution is -0.122. The van der Waals surface area contributed by atoms with Gasteiger partial charge in [-0.3, -0.25) is 4.79 Å². The van der Waals surface area contributed by atoms with Gasteiger partial charge in [-0.05, 0) is 56.5 Å². The molecule has 0 radical (unpaired) electrons. The molecular formula is C15H21ClN2O. The highest BCUT2D eigenvalue weighted by Gasteiger charge is 2.16. The average Bonchev–Trinajstić information content (AvgIpc) is 2.90. The van der Waals surface area contributed by atoms with Crippen LogP contribution in [0.2, 0.25) is 5.02 Å². The lowest BCUT2D eigenvalue weighted by Gasteiger charge is -2.15. The van der Waals surface area contributed by atoms with Gasteiger partial charge in [0.05, 0.1) is 6.04 Å². The van der Waals surface area contributed by atoms with Crippen molar-refractivity contribution in [1.29, 1.82) is 0 Å². The van der Waals surface area contributed by atoms with E-state index in [0.717, 1.165) is 30.1 Å². The summed E-state index contributed by atoms with van der Waals surface area (Å²) in [4.78, 5) is 11.9. The van der Waals surface area contributed by atoms with Gasteiger partial charge in [-0.15, -0.1) is 0 Å². The van der Waals surface area contributed by atoms with Crippen LogP contribution >= 0.6 is 11.6 Å². The number of amides is 1. The Balaban J connectivity index is 1.76. The molecule has 1 amide bonds. The van der Waals surface area contributed by atoms with Gasteiger partial charge >= 0.3 is 0 Å². The highest BCUT2D eigenvalue weighted by atomic mass is 35.5. The van der Waals surface area contributed by atoms with Gasteiger partial charge in [-0.1, -0.05) is 23.7 Å². The Labute approximate surface area is 119 Å². The minimum atomic E-state index is 0.0338. The van der Waals surface area contributed by atoms with Gasteiger partial charge < -0.3 is 10.6 Å². The summed E-state index contributed by atoms with van der Waals surface area (Å²) < 4.78 is 0. The van der Waals surface area contributed by atoms with Crippen molar-refractivity contribution in [3.63, 3.8) is 0 Å². The van der Waals surface area contributed by atoms with E-state index in [4.69, 9.17) is 11.6 Å². The number of carbonyl (C=O) groups excluding carboxylic acids is 1. The van der Waals surface area contributed by atoms with E-state index in [1.807, 2.05) is 31.2 Å². The number of benzene rings is 1. The molecule has 1 aliphatic rings. The lowest BCUT2D eigenvalue weighted by Crippen LogP contribution is -2.27. The molecule has 1 aliphatic heterocycles. The number of hydrogen-bond acceptors (Lipinski definition) is 2. The van der Waals surface area contributed by atoms with E-state index < -0.39 is 0 Å². The van der Waals surface area contributed by atoms with Crippen LogP contribution in [0.5, 0.6) is 0 Å². The highest BCUT2D eigenvalue weighted by molar-refractivity contribution is 6.30. The minimum absolute atomic E-state index is 0.0338. The molecule has 2 rings (SSSR count). The quantitative estimate of drug-likeness (QED) is 0.871. The van der Waals surface area contributed by atoms with E-state index in [2.05, 4.69) is 10.6 Å². The molecule has 0 aromatic heterocycles. The smallest absolute Gasteiger partial charge is 0.220 e. The molecule has 1 aromatic carbocycles. The molecule has 0 aliphatic carbocycles. The summed E-state index contributed by atoms with van der Waals surface area (Å²) in [6, 6.07) is 7.64. The standard InChI is InChI=1S/C15H21ClN2O/c1-11(13-3-5-14(16)6-4-13)18-15(19)7-2-12-8-9-17-10-12/h3-6,11-12,17H,2,7-10H2,1H3,(H,18,19)/t11-,12?/m0/s1. The molecule has 4 heteroatoms. The molecule has 19 heavy (non-hydrogen) atoms. The third-order valence-electron chi connectivity index (χ3n) is 3.69. The van der Waals surface area contributed by atoms with E-state index in [9.17, 15) is 4.79 Å². The van der Waals surface area contributed by atoms with Crippen LogP contribution in [0.4, 0.5) is 0 Å². The first-order chi connectivity index (χ1) is 9.15. The molecule has 1 heterocycles. The second-order valence-corrected chi connectivity index (χ2v) is 5.67. The van der Waals surface area contributed by atoms with Crippen LogP contribution in [0.3, 0.4) is 0 Å². The fourth-order valence-corrected chi connectivity index (χ4v) is 2.57. The Morgan fingerprint density at radius 3 is 2.84 bits per heavy atom. The molecule has 1 saturated heterocycles. The van der Waals surface area contributed by atoms with Crippen LogP contribution < -0.4 is 10.6 Å². The summed E-state index contributed by atoms with van der Waals surface area (Å²) in [5.74, 6) is 0.797. The van der Waals surface area contributed by atoms with Crippen LogP contribution in [0.25, 0.3) is 0 Å². The molecule has 1 unspecified atom stereocenters.